The molecule has 0 saturated heterocycles. The molecule has 0 radical (unpaired) electrons. The number of aliphatic hydroxyl groups excluding tert-OH is 1. The van der Waals surface area contributed by atoms with Crippen LogP contribution in [0, 0.1) is 20.8 Å². The third kappa shape index (κ3) is 2.56. The molecular weight excluding hydrogens is 230 g/mol. The molecule has 0 aliphatic carbocycles. The summed E-state index contributed by atoms with van der Waals surface area (Å²) in [5.74, 6) is 0. The highest BCUT2D eigenvalue weighted by Crippen LogP contribution is 2.30. The molecule has 90 valence electrons. The predicted octanol–water partition coefficient (Wildman–Crippen LogP) is 3.27. The second-order valence-corrected chi connectivity index (χ2v) is 5.25. The van der Waals surface area contributed by atoms with Crippen LogP contribution < -0.4 is 0 Å². The van der Waals surface area contributed by atoms with Crippen LogP contribution >= 0.6 is 11.3 Å². The van der Waals surface area contributed by atoms with Gasteiger partial charge in [0.25, 0.3) is 0 Å². The van der Waals surface area contributed by atoms with Gasteiger partial charge in [-0.15, -0.1) is 11.3 Å². The average molecular weight is 247 g/mol. The van der Waals surface area contributed by atoms with Gasteiger partial charge in [0.1, 0.15) is 5.01 Å². The van der Waals surface area contributed by atoms with Crippen LogP contribution in [0.4, 0.5) is 0 Å². The molecule has 0 amide bonds. The fraction of sp³-hybridized carbons (Fsp3) is 0.357. The minimum atomic E-state index is 0.162. The molecule has 1 aromatic carbocycles. The van der Waals surface area contributed by atoms with Crippen LogP contribution in [0.5, 0.6) is 0 Å². The van der Waals surface area contributed by atoms with Gasteiger partial charge in [-0.2, -0.15) is 0 Å². The first-order valence-corrected chi connectivity index (χ1v) is 6.63. The number of hydrogen-bond acceptors (Lipinski definition) is 3. The van der Waals surface area contributed by atoms with E-state index < -0.39 is 0 Å². The van der Waals surface area contributed by atoms with Gasteiger partial charge in [-0.05, 0) is 31.9 Å². The summed E-state index contributed by atoms with van der Waals surface area (Å²) in [5, 5.41) is 12.0. The standard InChI is InChI=1S/C14H17NOS/c1-9-6-10(2)13(11(3)7-9)14-15-12(4-5-16)8-17-14/h6-8,16H,4-5H2,1-3H3. The Hall–Kier alpha value is -1.19. The zero-order valence-corrected chi connectivity index (χ0v) is 11.3. The van der Waals surface area contributed by atoms with Gasteiger partial charge in [-0.3, -0.25) is 0 Å². The van der Waals surface area contributed by atoms with E-state index in [4.69, 9.17) is 5.11 Å². The van der Waals surface area contributed by atoms with E-state index in [1.807, 2.05) is 5.38 Å². The van der Waals surface area contributed by atoms with Gasteiger partial charge in [0, 0.05) is 24.0 Å². The van der Waals surface area contributed by atoms with E-state index in [1.165, 1.54) is 22.3 Å². The zero-order chi connectivity index (χ0) is 12.4. The van der Waals surface area contributed by atoms with Crippen molar-refractivity contribution in [3.8, 4) is 10.6 Å². The smallest absolute Gasteiger partial charge is 0.124 e. The molecule has 0 unspecified atom stereocenters. The first-order valence-electron chi connectivity index (χ1n) is 5.75. The van der Waals surface area contributed by atoms with Crippen molar-refractivity contribution in [3.63, 3.8) is 0 Å². The van der Waals surface area contributed by atoms with Crippen LogP contribution in [0.2, 0.25) is 0 Å². The van der Waals surface area contributed by atoms with Crippen LogP contribution in [-0.4, -0.2) is 16.7 Å². The predicted molar refractivity (Wildman–Crippen MR) is 72.6 cm³/mol. The molecule has 0 atom stereocenters. The number of thiazole rings is 1. The Bertz CT molecular complexity index is 508. The van der Waals surface area contributed by atoms with E-state index in [0.717, 1.165) is 10.7 Å². The summed E-state index contributed by atoms with van der Waals surface area (Å²) in [5.41, 5.74) is 6.05. The van der Waals surface area contributed by atoms with Gasteiger partial charge >= 0.3 is 0 Å². The maximum Gasteiger partial charge on any atom is 0.124 e. The molecule has 1 N–H and O–H groups in total. The molecule has 1 heterocycles. The van der Waals surface area contributed by atoms with Gasteiger partial charge in [0.15, 0.2) is 0 Å². The lowest BCUT2D eigenvalue weighted by atomic mass is 10.0. The van der Waals surface area contributed by atoms with Crippen molar-refractivity contribution in [2.75, 3.05) is 6.61 Å². The van der Waals surface area contributed by atoms with Gasteiger partial charge in [-0.1, -0.05) is 17.7 Å². The largest absolute Gasteiger partial charge is 0.396 e. The van der Waals surface area contributed by atoms with Crippen LogP contribution in [0.15, 0.2) is 17.5 Å². The molecule has 17 heavy (non-hydrogen) atoms. The maximum absolute atomic E-state index is 8.91. The van der Waals surface area contributed by atoms with Gasteiger partial charge in [0.2, 0.25) is 0 Å². The second-order valence-electron chi connectivity index (χ2n) is 4.39. The molecule has 2 rings (SSSR count). The number of aromatic nitrogens is 1. The highest BCUT2D eigenvalue weighted by Gasteiger charge is 2.10. The van der Waals surface area contributed by atoms with Crippen LogP contribution in [0.3, 0.4) is 0 Å². The zero-order valence-electron chi connectivity index (χ0n) is 10.4. The normalized spacial score (nSPS) is 10.8. The van der Waals surface area contributed by atoms with Crippen LogP contribution in [0.1, 0.15) is 22.4 Å². The number of benzene rings is 1. The number of nitrogens with zero attached hydrogens (tertiary/aromatic N) is 1. The molecule has 1 aromatic heterocycles. The summed E-state index contributed by atoms with van der Waals surface area (Å²) in [4.78, 5) is 4.58. The molecular formula is C14H17NOS. The Labute approximate surface area is 106 Å². The van der Waals surface area contributed by atoms with E-state index in [1.54, 1.807) is 11.3 Å². The van der Waals surface area contributed by atoms with Crippen molar-refractivity contribution in [1.29, 1.82) is 0 Å². The van der Waals surface area contributed by atoms with Crippen molar-refractivity contribution < 1.29 is 5.11 Å². The summed E-state index contributed by atoms with van der Waals surface area (Å²) >= 11 is 1.65. The van der Waals surface area contributed by atoms with E-state index in [2.05, 4.69) is 37.9 Å². The van der Waals surface area contributed by atoms with Gasteiger partial charge in [0.05, 0.1) is 5.69 Å². The second kappa shape index (κ2) is 4.98. The maximum atomic E-state index is 8.91. The Balaban J connectivity index is 2.45. The molecule has 0 bridgehead atoms. The average Bonchev–Trinajstić information content (AvgIpc) is 2.65. The summed E-state index contributed by atoms with van der Waals surface area (Å²) in [6.07, 6.45) is 0.639. The van der Waals surface area contributed by atoms with Crippen molar-refractivity contribution in [1.82, 2.24) is 4.98 Å². The Kier molecular flexibility index (Phi) is 3.60. The van der Waals surface area contributed by atoms with Crippen molar-refractivity contribution >= 4 is 11.3 Å². The lowest BCUT2D eigenvalue weighted by molar-refractivity contribution is 0.298. The number of rotatable bonds is 3. The topological polar surface area (TPSA) is 33.1 Å². The molecule has 0 fully saturated rings. The lowest BCUT2D eigenvalue weighted by Gasteiger charge is -2.08. The van der Waals surface area contributed by atoms with Gasteiger partial charge < -0.3 is 5.11 Å². The van der Waals surface area contributed by atoms with E-state index >= 15 is 0 Å². The Morgan fingerprint density at radius 1 is 1.18 bits per heavy atom. The number of hydrogen-bond donors (Lipinski definition) is 1. The summed E-state index contributed by atoms with van der Waals surface area (Å²) in [6, 6.07) is 4.38. The van der Waals surface area contributed by atoms with E-state index in [0.29, 0.717) is 6.42 Å². The fourth-order valence-electron chi connectivity index (χ4n) is 2.17. The molecule has 0 spiro atoms. The Morgan fingerprint density at radius 2 is 1.82 bits per heavy atom. The molecule has 0 aliphatic rings. The number of aliphatic hydroxyl groups is 1. The minimum absolute atomic E-state index is 0.162. The summed E-state index contributed by atoms with van der Waals surface area (Å²) in [6.45, 7) is 6.53. The first kappa shape index (κ1) is 12.3. The van der Waals surface area contributed by atoms with Crippen LogP contribution in [-0.2, 0) is 6.42 Å². The molecule has 0 saturated carbocycles. The first-order chi connectivity index (χ1) is 8.11. The third-order valence-electron chi connectivity index (χ3n) is 2.81. The highest BCUT2D eigenvalue weighted by atomic mass is 32.1. The van der Waals surface area contributed by atoms with Crippen molar-refractivity contribution in [2.24, 2.45) is 0 Å². The Morgan fingerprint density at radius 3 is 2.41 bits per heavy atom. The molecule has 2 aromatic rings. The fourth-order valence-corrected chi connectivity index (χ4v) is 3.20. The monoisotopic (exact) mass is 247 g/mol. The third-order valence-corrected chi connectivity index (χ3v) is 3.72. The van der Waals surface area contributed by atoms with Gasteiger partial charge in [-0.25, -0.2) is 4.98 Å². The minimum Gasteiger partial charge on any atom is -0.396 e. The lowest BCUT2D eigenvalue weighted by Crippen LogP contribution is -1.92. The van der Waals surface area contributed by atoms with Crippen LogP contribution in [0.25, 0.3) is 10.6 Å². The quantitative estimate of drug-likeness (QED) is 0.903. The molecule has 0 aliphatic heterocycles. The summed E-state index contributed by atoms with van der Waals surface area (Å²) in [7, 11) is 0. The summed E-state index contributed by atoms with van der Waals surface area (Å²) < 4.78 is 0. The van der Waals surface area contributed by atoms with Crippen molar-refractivity contribution in [3.05, 3.63) is 39.9 Å². The molecule has 3 heteroatoms. The highest BCUT2D eigenvalue weighted by molar-refractivity contribution is 7.13. The van der Waals surface area contributed by atoms with E-state index in [9.17, 15) is 0 Å². The molecule has 2 nitrogen and oxygen atoms in total. The van der Waals surface area contributed by atoms with E-state index in [-0.39, 0.29) is 6.61 Å². The van der Waals surface area contributed by atoms with Crippen molar-refractivity contribution in [2.45, 2.75) is 27.2 Å². The number of aryl methyl sites for hydroxylation is 3. The SMILES string of the molecule is Cc1cc(C)c(-c2nc(CCO)cs2)c(C)c1.